The van der Waals surface area contributed by atoms with Crippen LogP contribution in [0.1, 0.15) is 32.9 Å². The van der Waals surface area contributed by atoms with Crippen molar-refractivity contribution < 1.29 is 18.6 Å². The second kappa shape index (κ2) is 11.0. The lowest BCUT2D eigenvalue weighted by Gasteiger charge is -2.35. The fourth-order valence-corrected chi connectivity index (χ4v) is 4.18. The van der Waals surface area contributed by atoms with Crippen LogP contribution in [-0.4, -0.2) is 63.2 Å². The maximum atomic E-state index is 11.9. The van der Waals surface area contributed by atoms with Crippen molar-refractivity contribution in [3.05, 3.63) is 36.0 Å². The van der Waals surface area contributed by atoms with Crippen LogP contribution in [0.5, 0.6) is 0 Å². The quantitative estimate of drug-likeness (QED) is 0.464. The lowest BCUT2D eigenvalue weighted by atomic mass is 10.2. The molecule has 0 radical (unpaired) electrons. The molecule has 2 amide bonds. The molecule has 9 nitrogen and oxygen atoms in total. The van der Waals surface area contributed by atoms with Crippen molar-refractivity contribution in [1.82, 2.24) is 15.3 Å². The smallest absolute Gasteiger partial charge is 0.319 e. The molecular weight excluding hydrogens is 430 g/mol. The molecule has 1 aromatic heterocycles. The number of rotatable bonds is 8. The fourth-order valence-electron chi connectivity index (χ4n) is 3.36. The maximum absolute atomic E-state index is 11.9. The summed E-state index contributed by atoms with van der Waals surface area (Å²) in [6.45, 7) is 8.37. The van der Waals surface area contributed by atoms with Crippen molar-refractivity contribution in [1.29, 1.82) is 0 Å². The Kier molecular flexibility index (Phi) is 8.30. The standard InChI is InChI=1S/C22H33N5O4S/c1-4-10-23-22(28)25-18-8-6-17(7-9-18)21-24-19(15-32(29,30)5-2)13-20(26-21)27-11-12-31-14-16(27)3/h6-9,13,16,29-30H,4-5,10-12,14-15H2,1-3H3,(H2,23,25,28)/t16-/m0/s1. The molecule has 0 bridgehead atoms. The zero-order valence-electron chi connectivity index (χ0n) is 18.9. The highest BCUT2D eigenvalue weighted by molar-refractivity contribution is 8.23. The SMILES string of the molecule is CCCNC(=O)Nc1ccc(-c2nc(CS(O)(O)CC)cc(N3CCOC[C@@H]3C)n2)cc1. The normalized spacial score (nSPS) is 17.2. The van der Waals surface area contributed by atoms with Crippen LogP contribution in [0.15, 0.2) is 30.3 Å². The van der Waals surface area contributed by atoms with E-state index in [1.165, 1.54) is 0 Å². The summed E-state index contributed by atoms with van der Waals surface area (Å²) in [4.78, 5) is 23.4. The Hall–Kier alpha value is -2.40. The molecule has 2 aromatic rings. The largest absolute Gasteiger partial charge is 0.377 e. The van der Waals surface area contributed by atoms with Crippen LogP contribution >= 0.6 is 10.6 Å². The molecule has 0 saturated carbocycles. The maximum Gasteiger partial charge on any atom is 0.319 e. The number of urea groups is 1. The number of carbonyl (C=O) groups is 1. The van der Waals surface area contributed by atoms with Gasteiger partial charge in [0.15, 0.2) is 5.82 Å². The molecule has 3 rings (SSSR count). The summed E-state index contributed by atoms with van der Waals surface area (Å²) < 4.78 is 26.1. The minimum Gasteiger partial charge on any atom is -0.377 e. The first kappa shape index (κ1) is 24.2. The fraction of sp³-hybridized carbons (Fsp3) is 0.500. The number of amides is 2. The predicted octanol–water partition coefficient (Wildman–Crippen LogP) is 4.17. The zero-order chi connectivity index (χ0) is 23.1. The van der Waals surface area contributed by atoms with E-state index in [0.717, 1.165) is 17.8 Å². The highest BCUT2D eigenvalue weighted by Gasteiger charge is 2.23. The first-order valence-electron chi connectivity index (χ1n) is 10.9. The van der Waals surface area contributed by atoms with Gasteiger partial charge in [-0.15, -0.1) is 0 Å². The van der Waals surface area contributed by atoms with Crippen molar-refractivity contribution in [2.24, 2.45) is 0 Å². The van der Waals surface area contributed by atoms with Gasteiger partial charge in [-0.3, -0.25) is 9.11 Å². The molecule has 1 fully saturated rings. The summed E-state index contributed by atoms with van der Waals surface area (Å²) in [5.41, 5.74) is 2.04. The van der Waals surface area contributed by atoms with E-state index in [2.05, 4.69) is 27.4 Å². The molecule has 1 saturated heterocycles. The zero-order valence-corrected chi connectivity index (χ0v) is 19.7. The third-order valence-corrected chi connectivity index (χ3v) is 6.89. The van der Waals surface area contributed by atoms with Crippen molar-refractivity contribution in [2.75, 3.05) is 42.3 Å². The van der Waals surface area contributed by atoms with Crippen LogP contribution < -0.4 is 15.5 Å². The van der Waals surface area contributed by atoms with Gasteiger partial charge < -0.3 is 20.3 Å². The van der Waals surface area contributed by atoms with Crippen molar-refractivity contribution in [3.63, 3.8) is 0 Å². The summed E-state index contributed by atoms with van der Waals surface area (Å²) in [7, 11) is -2.75. The number of aromatic nitrogens is 2. The van der Waals surface area contributed by atoms with Crippen LogP contribution in [0.25, 0.3) is 11.4 Å². The van der Waals surface area contributed by atoms with Gasteiger partial charge in [-0.2, -0.15) is 10.6 Å². The van der Waals surface area contributed by atoms with Crippen LogP contribution in [-0.2, 0) is 10.5 Å². The number of ether oxygens (including phenoxy) is 1. The van der Waals surface area contributed by atoms with Crippen molar-refractivity contribution >= 4 is 28.1 Å². The molecule has 32 heavy (non-hydrogen) atoms. The van der Waals surface area contributed by atoms with Crippen LogP contribution in [0.2, 0.25) is 0 Å². The van der Waals surface area contributed by atoms with E-state index in [1.54, 1.807) is 19.1 Å². The van der Waals surface area contributed by atoms with Crippen molar-refractivity contribution in [2.45, 2.75) is 39.0 Å². The number of nitrogens with one attached hydrogen (secondary N) is 2. The molecule has 0 spiro atoms. The van der Waals surface area contributed by atoms with Gasteiger partial charge in [0.2, 0.25) is 0 Å². The molecule has 2 heterocycles. The molecule has 0 unspecified atom stereocenters. The Bertz CT molecular complexity index is 910. The van der Waals surface area contributed by atoms with Crippen LogP contribution in [0.4, 0.5) is 16.3 Å². The van der Waals surface area contributed by atoms with E-state index in [4.69, 9.17) is 9.72 Å². The highest BCUT2D eigenvalue weighted by atomic mass is 32.3. The van der Waals surface area contributed by atoms with Gasteiger partial charge in [-0.25, -0.2) is 14.8 Å². The van der Waals surface area contributed by atoms with E-state index in [-0.39, 0.29) is 23.6 Å². The molecule has 1 aliphatic heterocycles. The minimum absolute atomic E-state index is 0.0853. The number of nitrogens with zero attached hydrogens (tertiary/aromatic N) is 3. The summed E-state index contributed by atoms with van der Waals surface area (Å²) in [5, 5.41) is 5.57. The molecule has 176 valence electrons. The number of hydrogen-bond acceptors (Lipinski definition) is 7. The number of carbonyl (C=O) groups excluding carboxylic acids is 1. The molecule has 1 aliphatic rings. The van der Waals surface area contributed by atoms with Gasteiger partial charge in [-0.05, 0) is 44.5 Å². The Morgan fingerprint density at radius 3 is 2.66 bits per heavy atom. The second-order valence-corrected chi connectivity index (χ2v) is 10.3. The molecule has 1 aromatic carbocycles. The Balaban J connectivity index is 1.88. The van der Waals surface area contributed by atoms with E-state index in [0.29, 0.717) is 43.5 Å². The molecule has 0 aliphatic carbocycles. The Morgan fingerprint density at radius 2 is 2.00 bits per heavy atom. The number of anilines is 2. The topological polar surface area (TPSA) is 120 Å². The Morgan fingerprint density at radius 1 is 1.25 bits per heavy atom. The predicted molar refractivity (Wildman–Crippen MR) is 130 cm³/mol. The number of morpholine rings is 1. The van der Waals surface area contributed by atoms with E-state index < -0.39 is 10.6 Å². The van der Waals surface area contributed by atoms with Gasteiger partial charge in [0.1, 0.15) is 5.82 Å². The van der Waals surface area contributed by atoms with Gasteiger partial charge in [0.25, 0.3) is 0 Å². The summed E-state index contributed by atoms with van der Waals surface area (Å²) in [6.07, 6.45) is 0.868. The molecule has 4 N–H and O–H groups in total. The van der Waals surface area contributed by atoms with Gasteiger partial charge in [0, 0.05) is 36.2 Å². The summed E-state index contributed by atoms with van der Waals surface area (Å²) in [6, 6.07) is 9.03. The monoisotopic (exact) mass is 463 g/mol. The van der Waals surface area contributed by atoms with Gasteiger partial charge in [-0.1, -0.05) is 6.92 Å². The summed E-state index contributed by atoms with van der Waals surface area (Å²) >= 11 is 0. The first-order chi connectivity index (χ1) is 15.3. The van der Waals surface area contributed by atoms with E-state index in [1.807, 2.05) is 25.1 Å². The Labute approximate surface area is 191 Å². The van der Waals surface area contributed by atoms with E-state index >= 15 is 0 Å². The first-order valence-corrected chi connectivity index (χ1v) is 12.8. The van der Waals surface area contributed by atoms with E-state index in [9.17, 15) is 13.9 Å². The molecule has 10 heteroatoms. The van der Waals surface area contributed by atoms with Crippen LogP contribution in [0.3, 0.4) is 0 Å². The average molecular weight is 464 g/mol. The average Bonchev–Trinajstić information content (AvgIpc) is 2.78. The molecular formula is C22H33N5O4S. The lowest BCUT2D eigenvalue weighted by molar-refractivity contribution is 0.0985. The van der Waals surface area contributed by atoms with Crippen molar-refractivity contribution in [3.8, 4) is 11.4 Å². The number of benzene rings is 1. The minimum atomic E-state index is -2.75. The third kappa shape index (κ3) is 6.55. The third-order valence-electron chi connectivity index (χ3n) is 5.21. The second-order valence-electron chi connectivity index (χ2n) is 7.85. The van der Waals surface area contributed by atoms with Gasteiger partial charge >= 0.3 is 6.03 Å². The van der Waals surface area contributed by atoms with Crippen LogP contribution in [0, 0.1) is 0 Å². The number of hydrogen-bond donors (Lipinski definition) is 4. The lowest BCUT2D eigenvalue weighted by Crippen LogP contribution is -2.44. The van der Waals surface area contributed by atoms with Gasteiger partial charge in [0.05, 0.1) is 30.7 Å². The molecule has 1 atom stereocenters. The summed E-state index contributed by atoms with van der Waals surface area (Å²) in [5.74, 6) is 1.61. The highest BCUT2D eigenvalue weighted by Crippen LogP contribution is 2.42.